The molecule has 1 aromatic carbocycles. The number of piperidine rings is 1. The summed E-state index contributed by atoms with van der Waals surface area (Å²) in [5.74, 6) is 2.35. The molecule has 3 nitrogen and oxygen atoms in total. The number of hydrogen-bond donors (Lipinski definition) is 1. The van der Waals surface area contributed by atoms with E-state index < -0.39 is 0 Å². The monoisotopic (exact) mass is 325 g/mol. The minimum atomic E-state index is 0.384. The lowest BCUT2D eigenvalue weighted by atomic mass is 9.90. The second kappa shape index (κ2) is 5.71. The van der Waals surface area contributed by atoms with Crippen LogP contribution in [0.5, 0.6) is 11.5 Å². The van der Waals surface area contributed by atoms with Gasteiger partial charge in [0, 0.05) is 0 Å². The van der Waals surface area contributed by atoms with Gasteiger partial charge in [0.05, 0.1) is 17.7 Å². The van der Waals surface area contributed by atoms with E-state index >= 15 is 0 Å². The Kier molecular flexibility index (Phi) is 3.99. The van der Waals surface area contributed by atoms with E-state index in [1.165, 1.54) is 18.4 Å². The van der Waals surface area contributed by atoms with E-state index in [1.54, 1.807) is 7.11 Å². The van der Waals surface area contributed by atoms with Crippen molar-refractivity contribution in [3.63, 3.8) is 0 Å². The molecule has 0 radical (unpaired) electrons. The summed E-state index contributed by atoms with van der Waals surface area (Å²) < 4.78 is 12.5. The van der Waals surface area contributed by atoms with Crippen molar-refractivity contribution in [2.45, 2.75) is 37.7 Å². The van der Waals surface area contributed by atoms with Crippen molar-refractivity contribution in [3.8, 4) is 11.5 Å². The van der Waals surface area contributed by atoms with Gasteiger partial charge in [-0.15, -0.1) is 0 Å². The van der Waals surface area contributed by atoms with E-state index in [0.29, 0.717) is 12.0 Å². The Morgan fingerprint density at radius 1 is 1.16 bits per heavy atom. The predicted molar refractivity (Wildman–Crippen MR) is 79.2 cm³/mol. The SMILES string of the molecule is COc1cc(C2CCNCC2)cc(Br)c1OC1CC1. The molecule has 4 heteroatoms. The first-order chi connectivity index (χ1) is 9.28. The molecule has 3 rings (SSSR count). The van der Waals surface area contributed by atoms with Crippen LogP contribution in [-0.4, -0.2) is 26.3 Å². The molecule has 0 atom stereocenters. The lowest BCUT2D eigenvalue weighted by Crippen LogP contribution is -2.26. The smallest absolute Gasteiger partial charge is 0.175 e. The highest BCUT2D eigenvalue weighted by molar-refractivity contribution is 9.10. The van der Waals surface area contributed by atoms with Crippen molar-refractivity contribution in [2.75, 3.05) is 20.2 Å². The standard InChI is InChI=1S/C15H20BrNO2/c1-18-14-9-11(10-4-6-17-7-5-10)8-13(16)15(14)19-12-2-3-12/h8-10,12,17H,2-7H2,1H3. The Morgan fingerprint density at radius 3 is 2.53 bits per heavy atom. The molecule has 19 heavy (non-hydrogen) atoms. The molecule has 0 amide bonds. The van der Waals surface area contributed by atoms with Crippen molar-refractivity contribution in [2.24, 2.45) is 0 Å². The van der Waals surface area contributed by atoms with Crippen LogP contribution in [0.1, 0.15) is 37.2 Å². The quantitative estimate of drug-likeness (QED) is 0.919. The largest absolute Gasteiger partial charge is 0.493 e. The van der Waals surface area contributed by atoms with E-state index in [0.717, 1.165) is 41.9 Å². The second-order valence-electron chi connectivity index (χ2n) is 5.38. The van der Waals surface area contributed by atoms with E-state index in [1.807, 2.05) is 0 Å². The van der Waals surface area contributed by atoms with Crippen LogP contribution in [0.2, 0.25) is 0 Å². The van der Waals surface area contributed by atoms with Crippen LogP contribution < -0.4 is 14.8 Å². The molecule has 1 heterocycles. The topological polar surface area (TPSA) is 30.5 Å². The van der Waals surface area contributed by atoms with Gasteiger partial charge in [0.2, 0.25) is 0 Å². The first-order valence-electron chi connectivity index (χ1n) is 7.02. The third kappa shape index (κ3) is 3.06. The van der Waals surface area contributed by atoms with Crippen molar-refractivity contribution in [1.29, 1.82) is 0 Å². The van der Waals surface area contributed by atoms with Gasteiger partial charge in [0.25, 0.3) is 0 Å². The lowest BCUT2D eigenvalue weighted by molar-refractivity contribution is 0.279. The molecule has 1 N–H and O–H groups in total. The van der Waals surface area contributed by atoms with Crippen molar-refractivity contribution < 1.29 is 9.47 Å². The van der Waals surface area contributed by atoms with Gasteiger partial charge in [-0.3, -0.25) is 0 Å². The van der Waals surface area contributed by atoms with Gasteiger partial charge < -0.3 is 14.8 Å². The maximum absolute atomic E-state index is 5.94. The van der Waals surface area contributed by atoms with E-state index in [9.17, 15) is 0 Å². The third-order valence-corrected chi connectivity index (χ3v) is 4.46. The number of nitrogens with one attached hydrogen (secondary N) is 1. The van der Waals surface area contributed by atoms with Gasteiger partial charge in [-0.1, -0.05) is 0 Å². The summed E-state index contributed by atoms with van der Waals surface area (Å²) in [5.41, 5.74) is 1.35. The number of rotatable bonds is 4. The van der Waals surface area contributed by atoms with Crippen LogP contribution >= 0.6 is 15.9 Å². The maximum atomic E-state index is 5.94. The summed E-state index contributed by atoms with van der Waals surface area (Å²) >= 11 is 3.64. The summed E-state index contributed by atoms with van der Waals surface area (Å²) in [6.45, 7) is 2.20. The van der Waals surface area contributed by atoms with Gasteiger partial charge in [-0.05, 0) is 78.3 Å². The molecule has 1 aromatic rings. The molecule has 2 aliphatic rings. The predicted octanol–water partition coefficient (Wildman–Crippen LogP) is 3.47. The number of methoxy groups -OCH3 is 1. The van der Waals surface area contributed by atoms with Crippen LogP contribution in [0.15, 0.2) is 16.6 Å². The average molecular weight is 326 g/mol. The van der Waals surface area contributed by atoms with Crippen LogP contribution in [0, 0.1) is 0 Å². The summed E-state index contributed by atoms with van der Waals surface area (Å²) in [5, 5.41) is 3.41. The van der Waals surface area contributed by atoms with Crippen molar-refractivity contribution in [3.05, 3.63) is 22.2 Å². The first kappa shape index (κ1) is 13.3. The van der Waals surface area contributed by atoms with Crippen LogP contribution in [0.25, 0.3) is 0 Å². The number of ether oxygens (including phenoxy) is 2. The second-order valence-corrected chi connectivity index (χ2v) is 6.23. The van der Waals surface area contributed by atoms with Gasteiger partial charge in [0.1, 0.15) is 0 Å². The van der Waals surface area contributed by atoms with Gasteiger partial charge in [0.15, 0.2) is 11.5 Å². The summed E-state index contributed by atoms with van der Waals surface area (Å²) in [6, 6.07) is 4.36. The first-order valence-corrected chi connectivity index (χ1v) is 7.82. The van der Waals surface area contributed by atoms with Crippen LogP contribution in [-0.2, 0) is 0 Å². The molecule has 1 aliphatic carbocycles. The fraction of sp³-hybridized carbons (Fsp3) is 0.600. The lowest BCUT2D eigenvalue weighted by Gasteiger charge is -2.24. The highest BCUT2D eigenvalue weighted by Gasteiger charge is 2.27. The molecular formula is C15H20BrNO2. The highest BCUT2D eigenvalue weighted by Crippen LogP contribution is 2.42. The number of benzene rings is 1. The molecule has 104 valence electrons. The van der Waals surface area contributed by atoms with E-state index in [2.05, 4.69) is 33.4 Å². The minimum Gasteiger partial charge on any atom is -0.493 e. The zero-order valence-corrected chi connectivity index (χ0v) is 12.8. The Labute approximate surface area is 122 Å². The normalized spacial score (nSPS) is 20.3. The summed E-state index contributed by atoms with van der Waals surface area (Å²) in [7, 11) is 1.72. The van der Waals surface area contributed by atoms with Crippen LogP contribution in [0.3, 0.4) is 0 Å². The molecule has 0 unspecified atom stereocenters. The third-order valence-electron chi connectivity index (χ3n) is 3.87. The Balaban J connectivity index is 1.86. The molecule has 0 bridgehead atoms. The summed E-state index contributed by atoms with van der Waals surface area (Å²) in [4.78, 5) is 0. The van der Waals surface area contributed by atoms with E-state index in [-0.39, 0.29) is 0 Å². The van der Waals surface area contributed by atoms with Gasteiger partial charge in [-0.2, -0.15) is 0 Å². The molecule has 0 aromatic heterocycles. The zero-order valence-electron chi connectivity index (χ0n) is 11.2. The number of hydrogen-bond acceptors (Lipinski definition) is 3. The van der Waals surface area contributed by atoms with Gasteiger partial charge in [-0.25, -0.2) is 0 Å². The zero-order chi connectivity index (χ0) is 13.2. The Morgan fingerprint density at radius 2 is 1.89 bits per heavy atom. The molecular weight excluding hydrogens is 306 g/mol. The Bertz CT molecular complexity index is 454. The molecule has 1 saturated carbocycles. The molecule has 2 fully saturated rings. The Hall–Kier alpha value is -0.740. The van der Waals surface area contributed by atoms with Crippen LogP contribution in [0.4, 0.5) is 0 Å². The van der Waals surface area contributed by atoms with E-state index in [4.69, 9.17) is 9.47 Å². The minimum absolute atomic E-state index is 0.384. The highest BCUT2D eigenvalue weighted by atomic mass is 79.9. The fourth-order valence-corrected chi connectivity index (χ4v) is 3.15. The molecule has 1 saturated heterocycles. The van der Waals surface area contributed by atoms with Crippen molar-refractivity contribution >= 4 is 15.9 Å². The number of halogens is 1. The average Bonchev–Trinajstić information content (AvgIpc) is 3.26. The molecule has 0 spiro atoms. The fourth-order valence-electron chi connectivity index (χ4n) is 2.60. The molecule has 1 aliphatic heterocycles. The summed E-state index contributed by atoms with van der Waals surface area (Å²) in [6.07, 6.45) is 5.09. The van der Waals surface area contributed by atoms with Crippen molar-refractivity contribution in [1.82, 2.24) is 5.32 Å². The van der Waals surface area contributed by atoms with Gasteiger partial charge >= 0.3 is 0 Å². The maximum Gasteiger partial charge on any atom is 0.175 e.